The van der Waals surface area contributed by atoms with Crippen molar-refractivity contribution in [1.82, 2.24) is 9.97 Å². The van der Waals surface area contributed by atoms with E-state index in [1.54, 1.807) is 0 Å². The number of benzene rings is 1. The lowest BCUT2D eigenvalue weighted by Crippen LogP contribution is -2.30. The van der Waals surface area contributed by atoms with Crippen molar-refractivity contribution in [3.8, 4) is 11.4 Å². The van der Waals surface area contributed by atoms with Crippen molar-refractivity contribution in [1.29, 1.82) is 5.41 Å². The third-order valence-electron chi connectivity index (χ3n) is 5.35. The Morgan fingerprint density at radius 2 is 2.00 bits per heavy atom. The SMILES string of the molecule is CCc1sc2c(N3CCCCC3)nc(-c3cccc(N)c3C=N)nc2c1C. The maximum Gasteiger partial charge on any atom is 0.162 e. The molecule has 140 valence electrons. The number of nitrogens with zero attached hydrogens (tertiary/aromatic N) is 3. The lowest BCUT2D eigenvalue weighted by atomic mass is 10.1. The Kier molecular flexibility index (Phi) is 4.83. The van der Waals surface area contributed by atoms with Crippen molar-refractivity contribution in [3.05, 3.63) is 34.2 Å². The van der Waals surface area contributed by atoms with E-state index in [4.69, 9.17) is 21.1 Å². The summed E-state index contributed by atoms with van der Waals surface area (Å²) in [5, 5.41) is 7.79. The van der Waals surface area contributed by atoms with Gasteiger partial charge in [0.15, 0.2) is 11.6 Å². The highest BCUT2D eigenvalue weighted by Crippen LogP contribution is 2.38. The minimum Gasteiger partial charge on any atom is -0.398 e. The van der Waals surface area contributed by atoms with E-state index in [1.165, 1.54) is 40.6 Å². The fourth-order valence-corrected chi connectivity index (χ4v) is 5.04. The predicted octanol–water partition coefficient (Wildman–Crippen LogP) is 4.80. The zero-order valence-electron chi connectivity index (χ0n) is 15.9. The normalized spacial score (nSPS) is 14.7. The standard InChI is InChI=1S/C21H25N5S/c1-3-17-13(2)18-19(27-17)21(26-10-5-4-6-11-26)25-20(24-18)14-8-7-9-16(23)15(14)12-22/h7-9,12,22H,3-6,10-11,23H2,1-2H3. The van der Waals surface area contributed by atoms with Gasteiger partial charge in [-0.1, -0.05) is 19.1 Å². The molecule has 0 spiro atoms. The Hall–Kier alpha value is -2.47. The van der Waals surface area contributed by atoms with Gasteiger partial charge in [-0.3, -0.25) is 0 Å². The number of rotatable bonds is 4. The van der Waals surface area contributed by atoms with Gasteiger partial charge in [0.1, 0.15) is 0 Å². The highest BCUT2D eigenvalue weighted by atomic mass is 32.1. The number of hydrogen-bond donors (Lipinski definition) is 2. The van der Waals surface area contributed by atoms with Crippen LogP contribution < -0.4 is 10.6 Å². The van der Waals surface area contributed by atoms with Crippen LogP contribution in [0.5, 0.6) is 0 Å². The van der Waals surface area contributed by atoms with Crippen molar-refractivity contribution >= 4 is 39.3 Å². The summed E-state index contributed by atoms with van der Waals surface area (Å²) in [6.07, 6.45) is 6.00. The summed E-state index contributed by atoms with van der Waals surface area (Å²) < 4.78 is 1.19. The molecule has 0 amide bonds. The summed E-state index contributed by atoms with van der Waals surface area (Å²) >= 11 is 1.82. The smallest absolute Gasteiger partial charge is 0.162 e. The topological polar surface area (TPSA) is 78.9 Å². The largest absolute Gasteiger partial charge is 0.398 e. The summed E-state index contributed by atoms with van der Waals surface area (Å²) in [7, 11) is 0. The number of aryl methyl sites for hydroxylation is 2. The van der Waals surface area contributed by atoms with Gasteiger partial charge in [-0.2, -0.15) is 0 Å². The first-order chi connectivity index (χ1) is 13.1. The van der Waals surface area contributed by atoms with E-state index < -0.39 is 0 Å². The van der Waals surface area contributed by atoms with Crippen LogP contribution in [0.2, 0.25) is 0 Å². The summed E-state index contributed by atoms with van der Waals surface area (Å²) in [4.78, 5) is 13.7. The van der Waals surface area contributed by atoms with Gasteiger partial charge < -0.3 is 16.0 Å². The highest BCUT2D eigenvalue weighted by molar-refractivity contribution is 7.19. The number of hydrogen-bond acceptors (Lipinski definition) is 6. The predicted molar refractivity (Wildman–Crippen MR) is 115 cm³/mol. The molecule has 3 N–H and O–H groups in total. The molecule has 4 rings (SSSR count). The highest BCUT2D eigenvalue weighted by Gasteiger charge is 2.22. The minimum atomic E-state index is 0.585. The molecule has 0 aliphatic carbocycles. The molecular formula is C21H25N5S. The van der Waals surface area contributed by atoms with Gasteiger partial charge in [-0.05, 0) is 44.2 Å². The molecule has 0 saturated carbocycles. The summed E-state index contributed by atoms with van der Waals surface area (Å²) in [6, 6.07) is 5.68. The van der Waals surface area contributed by atoms with Gasteiger partial charge in [-0.15, -0.1) is 11.3 Å². The molecule has 1 aliphatic rings. The van der Waals surface area contributed by atoms with E-state index in [-0.39, 0.29) is 0 Å². The van der Waals surface area contributed by atoms with Gasteiger partial charge in [-0.25, -0.2) is 9.97 Å². The van der Waals surface area contributed by atoms with Crippen LogP contribution in [0, 0.1) is 12.3 Å². The molecule has 0 unspecified atom stereocenters. The first-order valence-corrected chi connectivity index (χ1v) is 10.4. The lowest BCUT2D eigenvalue weighted by Gasteiger charge is -2.28. The van der Waals surface area contributed by atoms with Crippen LogP contribution in [0.3, 0.4) is 0 Å². The number of piperidine rings is 1. The quantitative estimate of drug-likeness (QED) is 0.504. The van der Waals surface area contributed by atoms with Crippen LogP contribution in [0.15, 0.2) is 18.2 Å². The monoisotopic (exact) mass is 379 g/mol. The molecule has 6 heteroatoms. The molecule has 0 radical (unpaired) electrons. The average molecular weight is 380 g/mol. The molecule has 1 saturated heterocycles. The fraction of sp³-hybridized carbons (Fsp3) is 0.381. The maximum atomic E-state index is 7.79. The molecule has 27 heavy (non-hydrogen) atoms. The Labute approximate surface area is 163 Å². The Morgan fingerprint density at radius 3 is 2.70 bits per heavy atom. The number of nitrogen functional groups attached to an aromatic ring is 1. The second kappa shape index (κ2) is 7.27. The lowest BCUT2D eigenvalue weighted by molar-refractivity contribution is 0.575. The van der Waals surface area contributed by atoms with Crippen molar-refractivity contribution in [2.75, 3.05) is 23.7 Å². The van der Waals surface area contributed by atoms with Gasteiger partial charge >= 0.3 is 0 Å². The van der Waals surface area contributed by atoms with Crippen LogP contribution in [0.1, 0.15) is 42.2 Å². The molecule has 1 fully saturated rings. The molecular weight excluding hydrogens is 354 g/mol. The molecule has 0 atom stereocenters. The first kappa shape index (κ1) is 17.9. The average Bonchev–Trinajstić information content (AvgIpc) is 3.03. The Morgan fingerprint density at radius 1 is 1.22 bits per heavy atom. The molecule has 5 nitrogen and oxygen atoms in total. The van der Waals surface area contributed by atoms with Crippen LogP contribution in [0.4, 0.5) is 11.5 Å². The number of aromatic nitrogens is 2. The molecule has 2 aromatic heterocycles. The van der Waals surface area contributed by atoms with E-state index in [0.29, 0.717) is 17.1 Å². The van der Waals surface area contributed by atoms with Crippen molar-refractivity contribution < 1.29 is 0 Å². The number of thiophene rings is 1. The van der Waals surface area contributed by atoms with Gasteiger partial charge in [0.25, 0.3) is 0 Å². The molecule has 0 bridgehead atoms. The second-order valence-electron chi connectivity index (χ2n) is 7.05. The summed E-state index contributed by atoms with van der Waals surface area (Å²) in [6.45, 7) is 6.43. The number of fused-ring (bicyclic) bond motifs is 1. The third-order valence-corrected chi connectivity index (χ3v) is 6.77. The first-order valence-electron chi connectivity index (χ1n) is 9.58. The van der Waals surface area contributed by atoms with Crippen LogP contribution in [-0.2, 0) is 6.42 Å². The second-order valence-corrected chi connectivity index (χ2v) is 8.16. The maximum absolute atomic E-state index is 7.79. The Balaban J connectivity index is 1.98. The van der Waals surface area contributed by atoms with Gasteiger partial charge in [0, 0.05) is 41.0 Å². The fourth-order valence-electron chi connectivity index (χ4n) is 3.84. The van der Waals surface area contributed by atoms with Crippen LogP contribution in [0.25, 0.3) is 21.6 Å². The Bertz CT molecular complexity index is 1000. The minimum absolute atomic E-state index is 0.585. The van der Waals surface area contributed by atoms with Crippen LogP contribution in [-0.4, -0.2) is 29.3 Å². The molecule has 1 aliphatic heterocycles. The van der Waals surface area contributed by atoms with Gasteiger partial charge in [0.05, 0.1) is 10.2 Å². The van der Waals surface area contributed by atoms with Crippen molar-refractivity contribution in [2.45, 2.75) is 39.5 Å². The van der Waals surface area contributed by atoms with Crippen molar-refractivity contribution in [2.24, 2.45) is 0 Å². The van der Waals surface area contributed by atoms with E-state index in [1.807, 2.05) is 29.5 Å². The third kappa shape index (κ3) is 3.08. The van der Waals surface area contributed by atoms with Crippen molar-refractivity contribution in [3.63, 3.8) is 0 Å². The zero-order chi connectivity index (χ0) is 19.0. The number of nitrogens with two attached hydrogens (primary N) is 1. The van der Waals surface area contributed by atoms with E-state index in [9.17, 15) is 0 Å². The zero-order valence-corrected chi connectivity index (χ0v) is 16.7. The number of nitrogens with one attached hydrogen (secondary N) is 1. The van der Waals surface area contributed by atoms with E-state index >= 15 is 0 Å². The summed E-state index contributed by atoms with van der Waals surface area (Å²) in [5.74, 6) is 1.71. The molecule has 3 aromatic rings. The van der Waals surface area contributed by atoms with Crippen LogP contribution >= 0.6 is 11.3 Å². The molecule has 3 heterocycles. The number of anilines is 2. The molecule has 1 aromatic carbocycles. The summed E-state index contributed by atoms with van der Waals surface area (Å²) in [5.41, 5.74) is 10.5. The van der Waals surface area contributed by atoms with E-state index in [0.717, 1.165) is 36.4 Å². The van der Waals surface area contributed by atoms with E-state index in [2.05, 4.69) is 18.7 Å². The van der Waals surface area contributed by atoms with Gasteiger partial charge in [0.2, 0.25) is 0 Å².